The highest BCUT2D eigenvalue weighted by molar-refractivity contribution is 5.97. The first-order chi connectivity index (χ1) is 12.0. The number of nitrogens with zero attached hydrogens (tertiary/aromatic N) is 2. The van der Waals surface area contributed by atoms with Crippen LogP contribution in [0.4, 0.5) is 0 Å². The van der Waals surface area contributed by atoms with Crippen LogP contribution in [0.15, 0.2) is 24.3 Å². The van der Waals surface area contributed by atoms with Crippen molar-refractivity contribution in [3.8, 4) is 5.75 Å². The minimum atomic E-state index is -0.760. The molecular formula is C19H28N2O4. The lowest BCUT2D eigenvalue weighted by molar-refractivity contribution is -0.138. The topological polar surface area (TPSA) is 70.1 Å². The molecule has 0 radical (unpaired) electrons. The van der Waals surface area contributed by atoms with Gasteiger partial charge >= 0.3 is 5.97 Å². The van der Waals surface area contributed by atoms with E-state index in [1.807, 2.05) is 42.1 Å². The molecule has 1 saturated heterocycles. The Morgan fingerprint density at radius 3 is 2.72 bits per heavy atom. The molecule has 2 rings (SSSR count). The second-order valence-electron chi connectivity index (χ2n) is 6.83. The van der Waals surface area contributed by atoms with Crippen LogP contribution in [0.25, 0.3) is 0 Å². The summed E-state index contributed by atoms with van der Waals surface area (Å²) in [7, 11) is 3.95. The fourth-order valence-electron chi connectivity index (χ4n) is 3.10. The van der Waals surface area contributed by atoms with Gasteiger partial charge in [-0.25, -0.2) is 0 Å². The Kier molecular flexibility index (Phi) is 7.25. The molecule has 25 heavy (non-hydrogen) atoms. The molecule has 6 nitrogen and oxygen atoms in total. The molecule has 1 aromatic carbocycles. The van der Waals surface area contributed by atoms with E-state index in [1.165, 1.54) is 0 Å². The number of rotatable bonds is 7. The van der Waals surface area contributed by atoms with Crippen LogP contribution in [0.3, 0.4) is 0 Å². The van der Waals surface area contributed by atoms with E-state index in [-0.39, 0.29) is 18.2 Å². The lowest BCUT2D eigenvalue weighted by atomic mass is 9.97. The fraction of sp³-hybridized carbons (Fsp3) is 0.579. The van der Waals surface area contributed by atoms with Gasteiger partial charge in [0.05, 0.1) is 5.56 Å². The van der Waals surface area contributed by atoms with Gasteiger partial charge < -0.3 is 19.6 Å². The summed E-state index contributed by atoms with van der Waals surface area (Å²) in [4.78, 5) is 27.7. The molecule has 138 valence electrons. The number of benzene rings is 1. The van der Waals surface area contributed by atoms with Crippen LogP contribution in [0.5, 0.6) is 5.75 Å². The van der Waals surface area contributed by atoms with Crippen LogP contribution in [0.1, 0.15) is 36.0 Å². The van der Waals surface area contributed by atoms with E-state index in [0.29, 0.717) is 31.0 Å². The molecule has 0 saturated carbocycles. The highest BCUT2D eigenvalue weighted by atomic mass is 16.5. The van der Waals surface area contributed by atoms with E-state index >= 15 is 0 Å². The van der Waals surface area contributed by atoms with Crippen molar-refractivity contribution in [2.45, 2.75) is 25.7 Å². The van der Waals surface area contributed by atoms with E-state index in [0.717, 1.165) is 25.8 Å². The van der Waals surface area contributed by atoms with Crippen LogP contribution >= 0.6 is 0 Å². The van der Waals surface area contributed by atoms with Crippen molar-refractivity contribution < 1.29 is 19.4 Å². The molecule has 0 spiro atoms. The lowest BCUT2D eigenvalue weighted by Crippen LogP contribution is -2.32. The molecule has 0 bridgehead atoms. The normalized spacial score (nSPS) is 18.0. The fourth-order valence-corrected chi connectivity index (χ4v) is 3.10. The largest absolute Gasteiger partial charge is 0.491 e. The van der Waals surface area contributed by atoms with Crippen LogP contribution in [-0.4, -0.2) is 67.1 Å². The Balaban J connectivity index is 2.01. The maximum absolute atomic E-state index is 12.9. The van der Waals surface area contributed by atoms with E-state index in [2.05, 4.69) is 0 Å². The summed E-state index contributed by atoms with van der Waals surface area (Å²) in [5, 5.41) is 8.97. The Morgan fingerprint density at radius 1 is 1.24 bits per heavy atom. The van der Waals surface area contributed by atoms with Gasteiger partial charge in [-0.1, -0.05) is 12.1 Å². The molecular weight excluding hydrogens is 320 g/mol. The highest BCUT2D eigenvalue weighted by Crippen LogP contribution is 2.25. The zero-order chi connectivity index (χ0) is 18.2. The SMILES string of the molecule is CN(C)CCOc1ccccc1C(=O)N1CCC[C@@H](CC(=O)O)CC1. The number of hydrogen-bond donors (Lipinski definition) is 1. The Hall–Kier alpha value is -2.08. The second-order valence-corrected chi connectivity index (χ2v) is 6.83. The number of likely N-dealkylation sites (tertiary alicyclic amines) is 1. The summed E-state index contributed by atoms with van der Waals surface area (Å²) >= 11 is 0. The number of hydrogen-bond acceptors (Lipinski definition) is 4. The predicted molar refractivity (Wildman–Crippen MR) is 96.0 cm³/mol. The van der Waals surface area contributed by atoms with Gasteiger partial charge in [0.25, 0.3) is 5.91 Å². The molecule has 0 unspecified atom stereocenters. The van der Waals surface area contributed by atoms with Gasteiger partial charge in [-0.3, -0.25) is 9.59 Å². The maximum atomic E-state index is 12.9. The number of likely N-dealkylation sites (N-methyl/N-ethyl adjacent to an activating group) is 1. The van der Waals surface area contributed by atoms with Crippen molar-refractivity contribution >= 4 is 11.9 Å². The van der Waals surface area contributed by atoms with Gasteiger partial charge in [0, 0.05) is 26.1 Å². The van der Waals surface area contributed by atoms with Crippen molar-refractivity contribution in [3.05, 3.63) is 29.8 Å². The summed E-state index contributed by atoms with van der Waals surface area (Å²) in [6, 6.07) is 7.34. The van der Waals surface area contributed by atoms with Gasteiger partial charge in [-0.15, -0.1) is 0 Å². The lowest BCUT2D eigenvalue weighted by Gasteiger charge is -2.22. The molecule has 1 aliphatic heterocycles. The monoisotopic (exact) mass is 348 g/mol. The summed E-state index contributed by atoms with van der Waals surface area (Å²) < 4.78 is 5.80. The van der Waals surface area contributed by atoms with E-state index in [1.54, 1.807) is 6.07 Å². The minimum absolute atomic E-state index is 0.0311. The van der Waals surface area contributed by atoms with Crippen molar-refractivity contribution in [1.82, 2.24) is 9.80 Å². The van der Waals surface area contributed by atoms with Crippen molar-refractivity contribution in [3.63, 3.8) is 0 Å². The number of ether oxygens (including phenoxy) is 1. The van der Waals surface area contributed by atoms with Crippen LogP contribution in [0, 0.1) is 5.92 Å². The van der Waals surface area contributed by atoms with E-state index in [4.69, 9.17) is 9.84 Å². The first kappa shape index (κ1) is 19.2. The third-order valence-corrected chi connectivity index (χ3v) is 4.51. The van der Waals surface area contributed by atoms with Gasteiger partial charge in [0.2, 0.25) is 0 Å². The standard InChI is InChI=1S/C19H28N2O4/c1-20(2)12-13-25-17-8-4-3-7-16(17)19(24)21-10-5-6-15(9-11-21)14-18(22)23/h3-4,7-8,15H,5-6,9-14H2,1-2H3,(H,22,23)/t15-/m1/s1. The highest BCUT2D eigenvalue weighted by Gasteiger charge is 2.24. The molecule has 1 heterocycles. The average Bonchev–Trinajstić information content (AvgIpc) is 2.79. The zero-order valence-corrected chi connectivity index (χ0v) is 15.1. The van der Waals surface area contributed by atoms with Gasteiger partial charge in [-0.2, -0.15) is 0 Å². The van der Waals surface area contributed by atoms with Crippen molar-refractivity contribution in [2.75, 3.05) is 40.3 Å². The van der Waals surface area contributed by atoms with Crippen LogP contribution in [-0.2, 0) is 4.79 Å². The third-order valence-electron chi connectivity index (χ3n) is 4.51. The molecule has 0 aliphatic carbocycles. The first-order valence-corrected chi connectivity index (χ1v) is 8.85. The summed E-state index contributed by atoms with van der Waals surface area (Å²) in [5.74, 6) is -0.0246. The van der Waals surface area contributed by atoms with E-state index in [9.17, 15) is 9.59 Å². The predicted octanol–water partition coefficient (Wildman–Crippen LogP) is 2.34. The van der Waals surface area contributed by atoms with Crippen molar-refractivity contribution in [2.24, 2.45) is 5.92 Å². The molecule has 1 fully saturated rings. The molecule has 1 N–H and O–H groups in total. The second kappa shape index (κ2) is 9.42. The summed E-state index contributed by atoms with van der Waals surface area (Å²) in [6.45, 7) is 2.57. The summed E-state index contributed by atoms with van der Waals surface area (Å²) in [5.41, 5.74) is 0.581. The number of carbonyl (C=O) groups excluding carboxylic acids is 1. The zero-order valence-electron chi connectivity index (χ0n) is 15.1. The van der Waals surface area contributed by atoms with Crippen molar-refractivity contribution in [1.29, 1.82) is 0 Å². The number of amides is 1. The number of carboxylic acid groups (broad SMARTS) is 1. The minimum Gasteiger partial charge on any atom is -0.491 e. The number of aliphatic carboxylic acids is 1. The third kappa shape index (κ3) is 6.05. The van der Waals surface area contributed by atoms with Gasteiger partial charge in [-0.05, 0) is 51.4 Å². The number of para-hydroxylation sites is 1. The first-order valence-electron chi connectivity index (χ1n) is 8.85. The average molecular weight is 348 g/mol. The van der Waals surface area contributed by atoms with Crippen LogP contribution < -0.4 is 4.74 Å². The molecule has 1 aliphatic rings. The molecule has 1 aromatic rings. The number of carboxylic acids is 1. The smallest absolute Gasteiger partial charge is 0.303 e. The molecule has 1 atom stereocenters. The Labute approximate surface area is 149 Å². The molecule has 6 heteroatoms. The van der Waals surface area contributed by atoms with Crippen LogP contribution in [0.2, 0.25) is 0 Å². The number of carbonyl (C=O) groups is 2. The van der Waals surface area contributed by atoms with Gasteiger partial charge in [0.15, 0.2) is 0 Å². The quantitative estimate of drug-likeness (QED) is 0.819. The summed E-state index contributed by atoms with van der Waals surface area (Å²) in [6.07, 6.45) is 2.62. The van der Waals surface area contributed by atoms with Gasteiger partial charge in [0.1, 0.15) is 12.4 Å². The van der Waals surface area contributed by atoms with E-state index < -0.39 is 5.97 Å². The molecule has 1 amide bonds. The molecule has 0 aromatic heterocycles. The Morgan fingerprint density at radius 2 is 2.00 bits per heavy atom. The Bertz CT molecular complexity index is 589. The maximum Gasteiger partial charge on any atom is 0.303 e.